The number of aliphatic carboxylic acids is 1. The zero-order valence-corrected chi connectivity index (χ0v) is 16.9. The Labute approximate surface area is 167 Å². The van der Waals surface area contributed by atoms with Crippen molar-refractivity contribution < 1.29 is 14.7 Å². The van der Waals surface area contributed by atoms with E-state index in [4.69, 9.17) is 5.11 Å². The van der Waals surface area contributed by atoms with Crippen LogP contribution in [0.5, 0.6) is 0 Å². The fraction of sp³-hybridized carbons (Fsp3) is 0.545. The molecule has 1 saturated heterocycles. The van der Waals surface area contributed by atoms with Gasteiger partial charge in [-0.2, -0.15) is 11.8 Å². The van der Waals surface area contributed by atoms with Gasteiger partial charge in [0.15, 0.2) is 0 Å². The number of nitrogens with zero attached hydrogens (tertiary/aromatic N) is 1. The van der Waals surface area contributed by atoms with Gasteiger partial charge in [0.1, 0.15) is 0 Å². The molecule has 2 rings (SSSR count). The molecule has 0 aliphatic carbocycles. The number of carbonyl (C=O) groups is 2. The summed E-state index contributed by atoms with van der Waals surface area (Å²) in [5.74, 6) is 1.25. The second-order valence-electron chi connectivity index (χ2n) is 7.19. The van der Waals surface area contributed by atoms with E-state index in [-0.39, 0.29) is 12.3 Å². The van der Waals surface area contributed by atoms with Crippen molar-refractivity contribution in [3.63, 3.8) is 0 Å². The molecule has 1 fully saturated rings. The summed E-state index contributed by atoms with van der Waals surface area (Å²) in [6.45, 7) is 5.00. The molecule has 27 heavy (non-hydrogen) atoms. The lowest BCUT2D eigenvalue weighted by Crippen LogP contribution is -2.44. The molecule has 1 aliphatic rings. The van der Waals surface area contributed by atoms with Gasteiger partial charge in [0.05, 0.1) is 0 Å². The van der Waals surface area contributed by atoms with Crippen molar-refractivity contribution in [1.82, 2.24) is 4.90 Å². The Morgan fingerprint density at radius 3 is 2.74 bits per heavy atom. The molecule has 1 N–H and O–H groups in total. The highest BCUT2D eigenvalue weighted by atomic mass is 32.2. The van der Waals surface area contributed by atoms with E-state index in [0.29, 0.717) is 18.9 Å². The van der Waals surface area contributed by atoms with Gasteiger partial charge in [-0.15, -0.1) is 0 Å². The van der Waals surface area contributed by atoms with Crippen LogP contribution in [0.15, 0.2) is 42.5 Å². The molecule has 1 aromatic rings. The molecule has 1 aromatic carbocycles. The maximum Gasteiger partial charge on any atom is 0.303 e. The zero-order chi connectivity index (χ0) is 19.5. The van der Waals surface area contributed by atoms with Crippen LogP contribution in [0, 0.1) is 0 Å². The lowest BCUT2D eigenvalue weighted by atomic mass is 9.94. The van der Waals surface area contributed by atoms with Gasteiger partial charge >= 0.3 is 5.97 Å². The second kappa shape index (κ2) is 11.9. The Kier molecular flexibility index (Phi) is 9.46. The van der Waals surface area contributed by atoms with Crippen molar-refractivity contribution in [3.8, 4) is 0 Å². The summed E-state index contributed by atoms with van der Waals surface area (Å²) in [7, 11) is 0. The van der Waals surface area contributed by atoms with Gasteiger partial charge in [0.2, 0.25) is 5.91 Å². The maximum absolute atomic E-state index is 12.4. The minimum atomic E-state index is -0.738. The molecule has 4 nitrogen and oxygen atoms in total. The van der Waals surface area contributed by atoms with E-state index >= 15 is 0 Å². The lowest BCUT2D eigenvalue weighted by molar-refractivity contribution is -0.137. The summed E-state index contributed by atoms with van der Waals surface area (Å²) in [6.07, 6.45) is 6.48. The predicted octanol–water partition coefficient (Wildman–Crippen LogP) is 4.54. The van der Waals surface area contributed by atoms with E-state index in [2.05, 4.69) is 35.7 Å². The van der Waals surface area contributed by atoms with Crippen LogP contribution in [0.4, 0.5) is 0 Å². The average Bonchev–Trinajstić information content (AvgIpc) is 2.65. The van der Waals surface area contributed by atoms with Crippen LogP contribution in [-0.2, 0) is 16.0 Å². The Hall–Kier alpha value is -1.75. The topological polar surface area (TPSA) is 57.6 Å². The van der Waals surface area contributed by atoms with E-state index in [1.54, 1.807) is 11.8 Å². The predicted molar refractivity (Wildman–Crippen MR) is 112 cm³/mol. The molecule has 1 aliphatic heterocycles. The van der Waals surface area contributed by atoms with Crippen molar-refractivity contribution in [2.24, 2.45) is 0 Å². The van der Waals surface area contributed by atoms with Crippen LogP contribution in [0.3, 0.4) is 0 Å². The van der Waals surface area contributed by atoms with Crippen LogP contribution >= 0.6 is 11.8 Å². The third-order valence-corrected chi connectivity index (χ3v) is 6.02. The molecule has 148 valence electrons. The van der Waals surface area contributed by atoms with Crippen molar-refractivity contribution in [3.05, 3.63) is 48.0 Å². The number of carbonyl (C=O) groups excluding carboxylic acids is 1. The summed E-state index contributed by atoms with van der Waals surface area (Å²) in [5, 5.41) is 8.67. The number of carboxylic acids is 1. The van der Waals surface area contributed by atoms with E-state index in [1.165, 1.54) is 11.1 Å². The molecule has 5 heteroatoms. The third kappa shape index (κ3) is 8.21. The van der Waals surface area contributed by atoms with Gasteiger partial charge in [-0.1, -0.05) is 42.5 Å². The van der Waals surface area contributed by atoms with Gasteiger partial charge in [0, 0.05) is 31.2 Å². The summed E-state index contributed by atoms with van der Waals surface area (Å²) in [5.41, 5.74) is 2.51. The summed E-state index contributed by atoms with van der Waals surface area (Å²) < 4.78 is 0. The van der Waals surface area contributed by atoms with E-state index in [1.807, 2.05) is 6.07 Å². The molecule has 0 saturated carbocycles. The zero-order valence-electron chi connectivity index (χ0n) is 16.1. The molecule has 0 spiro atoms. The summed E-state index contributed by atoms with van der Waals surface area (Å²) in [6, 6.07) is 10.7. The Morgan fingerprint density at radius 2 is 2.00 bits per heavy atom. The first-order chi connectivity index (χ1) is 13.1. The first kappa shape index (κ1) is 21.5. The molecule has 0 radical (unpaired) electrons. The van der Waals surface area contributed by atoms with Crippen molar-refractivity contribution in [1.29, 1.82) is 0 Å². The number of hydrogen-bond acceptors (Lipinski definition) is 3. The molecule has 0 unspecified atom stereocenters. The average molecular weight is 390 g/mol. The molecule has 1 amide bonds. The lowest BCUT2D eigenvalue weighted by Gasteiger charge is -2.36. The smallest absolute Gasteiger partial charge is 0.303 e. The van der Waals surface area contributed by atoms with Crippen LogP contribution in [-0.4, -0.2) is 46.0 Å². The Balaban J connectivity index is 1.73. The highest BCUT2D eigenvalue weighted by Crippen LogP contribution is 2.24. The number of piperidine rings is 1. The Morgan fingerprint density at radius 1 is 1.22 bits per heavy atom. The molecule has 1 atom stereocenters. The van der Waals surface area contributed by atoms with Crippen LogP contribution in [0.25, 0.3) is 0 Å². The third-order valence-electron chi connectivity index (χ3n) is 4.97. The molecule has 0 aromatic heterocycles. The fourth-order valence-electron chi connectivity index (χ4n) is 3.53. The standard InChI is InChI=1S/C22H31NO3S/c1-18(17-19-7-3-2-4-8-19)12-13-20-9-5-10-21(24)23(20)14-16-27-15-6-11-22(25)26/h2-4,7-8,20H,1,5-6,9-17H2,(H,25,26)/t20-/m1/s1. The number of hydrogen-bond donors (Lipinski definition) is 1. The second-order valence-corrected chi connectivity index (χ2v) is 8.42. The summed E-state index contributed by atoms with van der Waals surface area (Å²) in [4.78, 5) is 25.0. The first-order valence-corrected chi connectivity index (χ1v) is 11.0. The molecule has 0 bridgehead atoms. The number of rotatable bonds is 12. The number of allylic oxidation sites excluding steroid dienone is 1. The molecular weight excluding hydrogens is 358 g/mol. The minimum Gasteiger partial charge on any atom is -0.481 e. The number of thioether (sulfide) groups is 1. The molecule has 1 heterocycles. The SMILES string of the molecule is C=C(CC[C@H]1CCCC(=O)N1CCSCCCC(=O)O)Cc1ccccc1. The molecular formula is C22H31NO3S. The number of amides is 1. The van der Waals surface area contributed by atoms with Gasteiger partial charge in [-0.25, -0.2) is 0 Å². The monoisotopic (exact) mass is 389 g/mol. The van der Waals surface area contributed by atoms with E-state index in [9.17, 15) is 9.59 Å². The number of likely N-dealkylation sites (tertiary alicyclic amines) is 1. The van der Waals surface area contributed by atoms with Crippen LogP contribution < -0.4 is 0 Å². The van der Waals surface area contributed by atoms with Crippen molar-refractivity contribution in [2.45, 2.75) is 57.4 Å². The fourth-order valence-corrected chi connectivity index (χ4v) is 4.41. The highest BCUT2D eigenvalue weighted by Gasteiger charge is 2.27. The maximum atomic E-state index is 12.4. The normalized spacial score (nSPS) is 17.1. The Bertz CT molecular complexity index is 617. The van der Waals surface area contributed by atoms with E-state index < -0.39 is 5.97 Å². The number of benzene rings is 1. The quantitative estimate of drug-likeness (QED) is 0.421. The first-order valence-electron chi connectivity index (χ1n) is 9.86. The summed E-state index contributed by atoms with van der Waals surface area (Å²) >= 11 is 1.74. The van der Waals surface area contributed by atoms with Gasteiger partial charge < -0.3 is 10.0 Å². The van der Waals surface area contributed by atoms with Crippen LogP contribution in [0.2, 0.25) is 0 Å². The van der Waals surface area contributed by atoms with E-state index in [0.717, 1.165) is 50.2 Å². The van der Waals surface area contributed by atoms with Crippen LogP contribution in [0.1, 0.15) is 50.5 Å². The number of carboxylic acid groups (broad SMARTS) is 1. The highest BCUT2D eigenvalue weighted by molar-refractivity contribution is 7.99. The van der Waals surface area contributed by atoms with Crippen molar-refractivity contribution >= 4 is 23.6 Å². The van der Waals surface area contributed by atoms with Crippen molar-refractivity contribution in [2.75, 3.05) is 18.1 Å². The largest absolute Gasteiger partial charge is 0.481 e. The van der Waals surface area contributed by atoms with Gasteiger partial charge in [0.25, 0.3) is 0 Å². The minimum absolute atomic E-state index is 0.224. The van der Waals surface area contributed by atoms with Gasteiger partial charge in [-0.3, -0.25) is 9.59 Å². The van der Waals surface area contributed by atoms with Gasteiger partial charge in [-0.05, 0) is 49.8 Å².